The molecule has 9 nitrogen and oxygen atoms in total. The van der Waals surface area contributed by atoms with Gasteiger partial charge >= 0.3 is 17.9 Å². The van der Waals surface area contributed by atoms with Gasteiger partial charge in [0.05, 0.1) is 34.4 Å². The zero-order chi connectivity index (χ0) is 54.8. The van der Waals surface area contributed by atoms with Crippen molar-refractivity contribution in [1.29, 1.82) is 0 Å². The lowest BCUT2D eigenvalue weighted by atomic mass is 10.1. The van der Waals surface area contributed by atoms with Crippen LogP contribution in [-0.2, 0) is 33.3 Å². The minimum atomic E-state index is -1.52. The van der Waals surface area contributed by atoms with Gasteiger partial charge in [-0.1, -0.05) is 219 Å². The summed E-state index contributed by atoms with van der Waals surface area (Å²) in [6, 6.07) is 0. The van der Waals surface area contributed by atoms with E-state index in [0.29, 0.717) is 17.4 Å². The van der Waals surface area contributed by atoms with Gasteiger partial charge in [-0.05, 0) is 109 Å². The Bertz CT molecular complexity index is 1640. The number of unbranched alkanes of at least 4 members (excludes halogenated alkanes) is 18. The Morgan fingerprint density at radius 2 is 0.760 bits per heavy atom. The van der Waals surface area contributed by atoms with Crippen LogP contribution in [0.25, 0.3) is 0 Å². The number of carboxylic acids is 1. The van der Waals surface area contributed by atoms with Gasteiger partial charge in [0.2, 0.25) is 0 Å². The third-order valence-corrected chi connectivity index (χ3v) is 12.2. The highest BCUT2D eigenvalue weighted by Gasteiger charge is 2.25. The van der Waals surface area contributed by atoms with Crippen LogP contribution in [0.1, 0.15) is 219 Å². The molecule has 0 aliphatic rings. The van der Waals surface area contributed by atoms with E-state index in [1.54, 1.807) is 0 Å². The molecule has 0 saturated heterocycles. The third kappa shape index (κ3) is 57.2. The molecule has 0 amide bonds. The number of nitrogens with zero attached hydrogens (tertiary/aromatic N) is 1. The van der Waals surface area contributed by atoms with Gasteiger partial charge in [0.15, 0.2) is 6.10 Å². The molecule has 0 spiro atoms. The van der Waals surface area contributed by atoms with E-state index in [1.807, 2.05) is 21.1 Å². The van der Waals surface area contributed by atoms with Gasteiger partial charge in [-0.2, -0.15) is 0 Å². The molecule has 0 saturated carbocycles. The topological polar surface area (TPSA) is 108 Å². The number of ether oxygens (including phenoxy) is 4. The summed E-state index contributed by atoms with van der Waals surface area (Å²) in [4.78, 5) is 37.3. The summed E-state index contributed by atoms with van der Waals surface area (Å²) in [7, 11) is 5.95. The smallest absolute Gasteiger partial charge is 0.361 e. The van der Waals surface area contributed by atoms with Crippen LogP contribution in [0.4, 0.5) is 0 Å². The summed E-state index contributed by atoms with van der Waals surface area (Å²) in [5.74, 6) is -2.04. The predicted molar refractivity (Wildman–Crippen MR) is 318 cm³/mol. The Balaban J connectivity index is 4.18. The van der Waals surface area contributed by atoms with Crippen molar-refractivity contribution in [2.75, 3.05) is 47.5 Å². The van der Waals surface area contributed by atoms with E-state index in [1.165, 1.54) is 64.2 Å². The van der Waals surface area contributed by atoms with Crippen molar-refractivity contribution < 1.29 is 42.9 Å². The van der Waals surface area contributed by atoms with Gasteiger partial charge in [-0.15, -0.1) is 0 Å². The van der Waals surface area contributed by atoms with Crippen molar-refractivity contribution in [1.82, 2.24) is 0 Å². The summed E-state index contributed by atoms with van der Waals surface area (Å²) >= 11 is 0. The average Bonchev–Trinajstić information content (AvgIpc) is 3.38. The summed E-state index contributed by atoms with van der Waals surface area (Å²) in [6.07, 6.45) is 75.7. The molecule has 0 aromatic carbocycles. The van der Waals surface area contributed by atoms with E-state index in [2.05, 4.69) is 135 Å². The quantitative estimate of drug-likeness (QED) is 0.0211. The van der Waals surface area contributed by atoms with Gasteiger partial charge in [-0.3, -0.25) is 9.59 Å². The first-order valence-corrected chi connectivity index (χ1v) is 29.7. The van der Waals surface area contributed by atoms with Crippen molar-refractivity contribution in [2.45, 2.75) is 232 Å². The molecule has 0 radical (unpaired) electrons. The van der Waals surface area contributed by atoms with Crippen molar-refractivity contribution in [3.63, 3.8) is 0 Å². The van der Waals surface area contributed by atoms with Gasteiger partial charge in [0.1, 0.15) is 13.2 Å². The Hall–Kier alpha value is -4.31. The second kappa shape index (κ2) is 55.9. The van der Waals surface area contributed by atoms with Crippen molar-refractivity contribution in [3.8, 4) is 0 Å². The van der Waals surface area contributed by atoms with E-state index < -0.39 is 24.3 Å². The monoisotopic (exact) mass is 1040 g/mol. The molecule has 0 bridgehead atoms. The first-order chi connectivity index (χ1) is 36.6. The first kappa shape index (κ1) is 70.7. The zero-order valence-corrected chi connectivity index (χ0v) is 48.4. The molecule has 426 valence electrons. The van der Waals surface area contributed by atoms with Crippen molar-refractivity contribution >= 4 is 17.9 Å². The maximum Gasteiger partial charge on any atom is 0.361 e. The Morgan fingerprint density at radius 3 is 1.15 bits per heavy atom. The van der Waals surface area contributed by atoms with E-state index in [0.717, 1.165) is 122 Å². The van der Waals surface area contributed by atoms with Gasteiger partial charge in [0, 0.05) is 12.8 Å². The first-order valence-electron chi connectivity index (χ1n) is 29.7. The molecule has 0 aromatic rings. The fraction of sp³-hybridized carbons (Fsp3) is 0.652. The Kier molecular flexibility index (Phi) is 52.7. The SMILES string of the molecule is CC/C=C\C/C=C\C/C=C\C/C=C\C/C=C\C/C=C\C/C=C\C/C=C\C/C=C\CCCCCCCCCCCC(=O)OC(COC(=O)CCCCCCC/C=C\CCCCCC)COC(OCC[N+](C)(C)C)C(=O)O. The maximum atomic E-state index is 12.9. The Labute approximate surface area is 459 Å². The maximum absolute atomic E-state index is 12.9. The Morgan fingerprint density at radius 1 is 0.413 bits per heavy atom. The van der Waals surface area contributed by atoms with Crippen LogP contribution in [0.2, 0.25) is 0 Å². The van der Waals surface area contributed by atoms with Crippen LogP contribution >= 0.6 is 0 Å². The summed E-state index contributed by atoms with van der Waals surface area (Å²) in [6.45, 7) is 4.71. The number of aliphatic carboxylic acids is 1. The number of carboxylic acid groups (broad SMARTS) is 1. The van der Waals surface area contributed by atoms with E-state index in [9.17, 15) is 19.5 Å². The molecular weight excluding hydrogens is 935 g/mol. The fourth-order valence-electron chi connectivity index (χ4n) is 7.65. The highest BCUT2D eigenvalue weighted by Crippen LogP contribution is 2.14. The molecule has 0 rings (SSSR count). The number of hydrogen-bond donors (Lipinski definition) is 1. The number of hydrogen-bond acceptors (Lipinski definition) is 7. The highest BCUT2D eigenvalue weighted by atomic mass is 16.7. The molecule has 0 aromatic heterocycles. The lowest BCUT2D eigenvalue weighted by Crippen LogP contribution is -2.40. The van der Waals surface area contributed by atoms with Crippen LogP contribution in [-0.4, -0.2) is 87.4 Å². The lowest BCUT2D eigenvalue weighted by Gasteiger charge is -2.25. The van der Waals surface area contributed by atoms with Crippen LogP contribution in [0.5, 0.6) is 0 Å². The predicted octanol–water partition coefficient (Wildman–Crippen LogP) is 17.7. The second-order valence-electron chi connectivity index (χ2n) is 20.6. The number of allylic oxidation sites excluding steroid dienone is 20. The molecule has 9 heteroatoms. The van der Waals surface area contributed by atoms with Gasteiger partial charge in [-0.25, -0.2) is 4.79 Å². The third-order valence-electron chi connectivity index (χ3n) is 12.2. The summed E-state index contributed by atoms with van der Waals surface area (Å²) < 4.78 is 22.8. The molecule has 2 atom stereocenters. The standard InChI is InChI=1S/C66H109NO8/c1-6-8-10-12-14-16-18-20-21-22-23-24-25-26-27-28-29-30-31-32-33-34-35-36-37-38-39-40-41-42-43-45-47-49-51-53-55-57-64(69)75-62(61-74-66(65(70)71)72-59-58-67(3,4)5)60-73-63(68)56-54-52-50-48-46-44-19-17-15-13-11-9-7-2/h8,10,14,16-17,19-21,23-24,26-27,29-30,32-33,35-36,38-39,62,66H,6-7,9,11-13,15,18,22,25,28,31,34,37,40-61H2,1-5H3/p+1/b10-8-,16-14-,19-17-,21-20-,24-23-,27-26-,30-29-,33-32-,36-35-,39-38-. The largest absolute Gasteiger partial charge is 0.477 e. The lowest BCUT2D eigenvalue weighted by molar-refractivity contribution is -0.870. The van der Waals surface area contributed by atoms with E-state index in [4.69, 9.17) is 18.9 Å². The molecule has 1 N–H and O–H groups in total. The highest BCUT2D eigenvalue weighted by molar-refractivity contribution is 5.71. The molecule has 0 aliphatic carbocycles. The molecule has 75 heavy (non-hydrogen) atoms. The molecule has 2 unspecified atom stereocenters. The summed E-state index contributed by atoms with van der Waals surface area (Å²) in [5, 5.41) is 9.69. The molecule has 0 heterocycles. The number of rotatable bonds is 53. The average molecular weight is 1050 g/mol. The fourth-order valence-corrected chi connectivity index (χ4v) is 7.65. The normalized spacial score (nSPS) is 13.7. The number of carbonyl (C=O) groups excluding carboxylic acids is 2. The second-order valence-corrected chi connectivity index (χ2v) is 20.6. The minimum Gasteiger partial charge on any atom is -0.477 e. The van der Waals surface area contributed by atoms with Gasteiger partial charge < -0.3 is 28.5 Å². The van der Waals surface area contributed by atoms with Crippen LogP contribution in [0.3, 0.4) is 0 Å². The zero-order valence-electron chi connectivity index (χ0n) is 48.4. The van der Waals surface area contributed by atoms with Crippen molar-refractivity contribution in [3.05, 3.63) is 122 Å². The summed E-state index contributed by atoms with van der Waals surface area (Å²) in [5.41, 5.74) is 0. The van der Waals surface area contributed by atoms with Crippen LogP contribution in [0.15, 0.2) is 122 Å². The van der Waals surface area contributed by atoms with E-state index >= 15 is 0 Å². The minimum absolute atomic E-state index is 0.180. The van der Waals surface area contributed by atoms with Crippen molar-refractivity contribution in [2.24, 2.45) is 0 Å². The van der Waals surface area contributed by atoms with Gasteiger partial charge in [0.25, 0.3) is 6.29 Å². The van der Waals surface area contributed by atoms with Crippen LogP contribution in [0, 0.1) is 0 Å². The number of carbonyl (C=O) groups is 3. The molecular formula is C66H110NO8+. The van der Waals surface area contributed by atoms with Crippen LogP contribution < -0.4 is 0 Å². The number of likely N-dealkylation sites (N-methyl/N-ethyl adjacent to an activating group) is 1. The number of quaternary nitrogens is 1. The molecule has 0 aliphatic heterocycles. The number of esters is 2. The van der Waals surface area contributed by atoms with E-state index in [-0.39, 0.29) is 38.6 Å². The molecule has 0 fully saturated rings.